The number of ether oxygens (including phenoxy) is 1. The summed E-state index contributed by atoms with van der Waals surface area (Å²) in [7, 11) is 0. The van der Waals surface area contributed by atoms with Crippen LogP contribution in [0.1, 0.15) is 30.8 Å². The zero-order chi connectivity index (χ0) is 20.9. The van der Waals surface area contributed by atoms with Crippen molar-refractivity contribution in [3.05, 3.63) is 72.2 Å². The summed E-state index contributed by atoms with van der Waals surface area (Å²) in [6.45, 7) is 1.34. The quantitative estimate of drug-likeness (QED) is 0.599. The first kappa shape index (κ1) is 20.4. The van der Waals surface area contributed by atoms with Crippen LogP contribution in [0.3, 0.4) is 0 Å². The van der Waals surface area contributed by atoms with Crippen LogP contribution in [0, 0.1) is 0 Å². The number of benzene rings is 2. The number of carbonyl (C=O) groups is 1. The van der Waals surface area contributed by atoms with Gasteiger partial charge in [0.25, 0.3) is 5.91 Å². The molecule has 1 aromatic heterocycles. The molecular weight excluding hydrogens is 383 g/mol. The molecule has 0 bridgehead atoms. The molecule has 0 aliphatic heterocycles. The second-order valence-corrected chi connectivity index (χ2v) is 6.36. The van der Waals surface area contributed by atoms with Gasteiger partial charge in [-0.3, -0.25) is 4.79 Å². The summed E-state index contributed by atoms with van der Waals surface area (Å²) in [5, 5.41) is 2.74. The molecule has 0 spiro atoms. The van der Waals surface area contributed by atoms with E-state index in [0.29, 0.717) is 12.2 Å². The highest BCUT2D eigenvalue weighted by Gasteiger charge is 2.34. The van der Waals surface area contributed by atoms with E-state index in [1.807, 2.05) is 37.3 Å². The molecular formula is C21H20F3N3O2. The van der Waals surface area contributed by atoms with Gasteiger partial charge in [-0.05, 0) is 24.1 Å². The molecule has 1 unspecified atom stereocenters. The molecule has 3 aromatic rings. The number of halogens is 3. The Morgan fingerprint density at radius 2 is 1.83 bits per heavy atom. The molecule has 1 atom stereocenters. The van der Waals surface area contributed by atoms with E-state index in [4.69, 9.17) is 4.74 Å². The topological polar surface area (TPSA) is 67.0 Å². The standard InChI is InChI=1S/C21H20F3N3O2/c1-2-16(20-25-12-17(27-20)14-8-4-3-5-9-14)26-19(28)13-29-18-11-7-6-10-15(18)21(22,23)24/h3-12,16H,2,13H2,1H3,(H,25,27)(H,26,28). The summed E-state index contributed by atoms with van der Waals surface area (Å²) < 4.78 is 44.1. The first-order chi connectivity index (χ1) is 13.9. The van der Waals surface area contributed by atoms with Crippen LogP contribution in [0.2, 0.25) is 0 Å². The number of aromatic nitrogens is 2. The van der Waals surface area contributed by atoms with Gasteiger partial charge in [0.2, 0.25) is 0 Å². The average Bonchev–Trinajstić information content (AvgIpc) is 3.21. The molecule has 2 N–H and O–H groups in total. The summed E-state index contributed by atoms with van der Waals surface area (Å²) in [5.74, 6) is -0.352. The lowest BCUT2D eigenvalue weighted by Gasteiger charge is -2.16. The van der Waals surface area contributed by atoms with E-state index in [1.165, 1.54) is 18.2 Å². The molecule has 0 saturated carbocycles. The fraction of sp³-hybridized carbons (Fsp3) is 0.238. The molecule has 3 rings (SSSR count). The predicted molar refractivity (Wildman–Crippen MR) is 102 cm³/mol. The van der Waals surface area contributed by atoms with E-state index >= 15 is 0 Å². The minimum atomic E-state index is -4.55. The Bertz CT molecular complexity index is 955. The fourth-order valence-corrected chi connectivity index (χ4v) is 2.85. The van der Waals surface area contributed by atoms with E-state index in [0.717, 1.165) is 17.3 Å². The molecule has 152 valence electrons. The van der Waals surface area contributed by atoms with E-state index in [-0.39, 0.29) is 5.75 Å². The van der Waals surface area contributed by atoms with Crippen LogP contribution >= 0.6 is 0 Å². The zero-order valence-corrected chi connectivity index (χ0v) is 15.7. The van der Waals surface area contributed by atoms with Crippen molar-refractivity contribution in [2.24, 2.45) is 0 Å². The third kappa shape index (κ3) is 5.16. The van der Waals surface area contributed by atoms with E-state index in [2.05, 4.69) is 15.3 Å². The predicted octanol–water partition coefficient (Wildman–Crippen LogP) is 4.74. The van der Waals surface area contributed by atoms with Crippen LogP contribution in [0.15, 0.2) is 60.8 Å². The third-order valence-corrected chi connectivity index (χ3v) is 4.31. The van der Waals surface area contributed by atoms with Crippen molar-refractivity contribution >= 4 is 5.91 Å². The molecule has 2 aromatic carbocycles. The van der Waals surface area contributed by atoms with Gasteiger partial charge in [0.15, 0.2) is 6.61 Å². The van der Waals surface area contributed by atoms with Crippen molar-refractivity contribution < 1.29 is 22.7 Å². The number of amides is 1. The molecule has 8 heteroatoms. The Balaban J connectivity index is 1.64. The number of imidazole rings is 1. The maximum absolute atomic E-state index is 13.0. The molecule has 0 saturated heterocycles. The van der Waals surface area contributed by atoms with Gasteiger partial charge in [-0.15, -0.1) is 0 Å². The molecule has 29 heavy (non-hydrogen) atoms. The molecule has 1 amide bonds. The first-order valence-electron chi connectivity index (χ1n) is 9.07. The highest BCUT2D eigenvalue weighted by atomic mass is 19.4. The molecule has 0 aliphatic rings. The highest BCUT2D eigenvalue weighted by molar-refractivity contribution is 5.78. The minimum absolute atomic E-state index is 0.382. The number of aromatic amines is 1. The van der Waals surface area contributed by atoms with E-state index < -0.39 is 30.3 Å². The minimum Gasteiger partial charge on any atom is -0.483 e. The van der Waals surface area contributed by atoms with Crippen LogP contribution in [0.25, 0.3) is 11.3 Å². The summed E-state index contributed by atoms with van der Waals surface area (Å²) >= 11 is 0. The van der Waals surface area contributed by atoms with Gasteiger partial charge in [0, 0.05) is 0 Å². The lowest BCUT2D eigenvalue weighted by Crippen LogP contribution is -2.33. The summed E-state index contributed by atoms with van der Waals surface area (Å²) in [6, 6.07) is 14.0. The summed E-state index contributed by atoms with van der Waals surface area (Å²) in [4.78, 5) is 19.7. The van der Waals surface area contributed by atoms with Crippen molar-refractivity contribution in [3.8, 4) is 17.0 Å². The van der Waals surface area contributed by atoms with Gasteiger partial charge >= 0.3 is 6.18 Å². The molecule has 5 nitrogen and oxygen atoms in total. The van der Waals surface area contributed by atoms with Crippen molar-refractivity contribution in [1.29, 1.82) is 0 Å². The highest BCUT2D eigenvalue weighted by Crippen LogP contribution is 2.35. The fourth-order valence-electron chi connectivity index (χ4n) is 2.85. The molecule has 0 aliphatic carbocycles. The number of nitrogens with one attached hydrogen (secondary N) is 2. The Kier molecular flexibility index (Phi) is 6.21. The van der Waals surface area contributed by atoms with Gasteiger partial charge in [-0.1, -0.05) is 49.4 Å². The van der Waals surface area contributed by atoms with Crippen molar-refractivity contribution in [3.63, 3.8) is 0 Å². The first-order valence-corrected chi connectivity index (χ1v) is 9.07. The van der Waals surface area contributed by atoms with Gasteiger partial charge in [-0.25, -0.2) is 4.98 Å². The number of para-hydroxylation sites is 1. The number of nitrogens with zero attached hydrogens (tertiary/aromatic N) is 1. The smallest absolute Gasteiger partial charge is 0.419 e. The monoisotopic (exact) mass is 403 g/mol. The number of H-pyrrole nitrogens is 1. The largest absolute Gasteiger partial charge is 0.483 e. The van der Waals surface area contributed by atoms with Crippen LogP contribution in [-0.2, 0) is 11.0 Å². The van der Waals surface area contributed by atoms with E-state index in [1.54, 1.807) is 6.20 Å². The zero-order valence-electron chi connectivity index (χ0n) is 15.7. The number of hydrogen-bond acceptors (Lipinski definition) is 3. The van der Waals surface area contributed by atoms with Crippen LogP contribution in [0.4, 0.5) is 13.2 Å². The van der Waals surface area contributed by atoms with Crippen LogP contribution in [-0.4, -0.2) is 22.5 Å². The van der Waals surface area contributed by atoms with Gasteiger partial charge < -0.3 is 15.0 Å². The van der Waals surface area contributed by atoms with Crippen molar-refractivity contribution in [2.75, 3.05) is 6.61 Å². The second kappa shape index (κ2) is 8.81. The van der Waals surface area contributed by atoms with Gasteiger partial charge in [-0.2, -0.15) is 13.2 Å². The third-order valence-electron chi connectivity index (χ3n) is 4.31. The molecule has 0 radical (unpaired) electrons. The molecule has 0 fully saturated rings. The van der Waals surface area contributed by atoms with Crippen LogP contribution in [0.5, 0.6) is 5.75 Å². The maximum Gasteiger partial charge on any atom is 0.419 e. The normalized spacial score (nSPS) is 12.4. The summed E-state index contributed by atoms with van der Waals surface area (Å²) in [6.07, 6.45) is -2.33. The van der Waals surface area contributed by atoms with Crippen molar-refractivity contribution in [2.45, 2.75) is 25.6 Å². The number of rotatable bonds is 7. The van der Waals surface area contributed by atoms with Gasteiger partial charge in [0.1, 0.15) is 11.6 Å². The lowest BCUT2D eigenvalue weighted by atomic mass is 10.2. The van der Waals surface area contributed by atoms with Crippen LogP contribution < -0.4 is 10.1 Å². The Morgan fingerprint density at radius 3 is 2.52 bits per heavy atom. The second-order valence-electron chi connectivity index (χ2n) is 6.36. The van der Waals surface area contributed by atoms with E-state index in [9.17, 15) is 18.0 Å². The Hall–Kier alpha value is -3.29. The number of carbonyl (C=O) groups excluding carboxylic acids is 1. The summed E-state index contributed by atoms with van der Waals surface area (Å²) in [5.41, 5.74) is 0.849. The lowest BCUT2D eigenvalue weighted by molar-refractivity contribution is -0.139. The molecule has 1 heterocycles. The van der Waals surface area contributed by atoms with Gasteiger partial charge in [0.05, 0.1) is 23.5 Å². The average molecular weight is 403 g/mol. The number of alkyl halides is 3. The SMILES string of the molecule is CCC(NC(=O)COc1ccccc1C(F)(F)F)c1ncc(-c2ccccc2)[nH]1. The Labute approximate surface area is 165 Å². The Morgan fingerprint density at radius 1 is 1.14 bits per heavy atom. The maximum atomic E-state index is 13.0. The van der Waals surface area contributed by atoms with Crippen molar-refractivity contribution in [1.82, 2.24) is 15.3 Å². The number of hydrogen-bond donors (Lipinski definition) is 2.